The third kappa shape index (κ3) is 8.38. The summed E-state index contributed by atoms with van der Waals surface area (Å²) in [6.07, 6.45) is 24.0. The Morgan fingerprint density at radius 3 is 2.03 bits per heavy atom. The molecule has 0 N–H and O–H groups in total. The molecule has 1 aromatic heterocycles. The molecule has 2 saturated carbocycles. The number of aryl methyl sites for hydroxylation is 1. The van der Waals surface area contributed by atoms with Crippen molar-refractivity contribution in [2.24, 2.45) is 23.7 Å². The van der Waals surface area contributed by atoms with Gasteiger partial charge in [-0.15, -0.1) is 0 Å². The zero-order valence-corrected chi connectivity index (χ0v) is 23.3. The molecule has 4 heteroatoms. The van der Waals surface area contributed by atoms with E-state index >= 15 is 0 Å². The van der Waals surface area contributed by atoms with E-state index in [4.69, 9.17) is 4.74 Å². The topological polar surface area (TPSA) is 52.1 Å². The van der Waals surface area contributed by atoms with Gasteiger partial charge in [-0.3, -0.25) is 4.79 Å². The van der Waals surface area contributed by atoms with Gasteiger partial charge in [-0.05, 0) is 98.9 Å². The van der Waals surface area contributed by atoms with E-state index in [-0.39, 0.29) is 11.9 Å². The van der Waals surface area contributed by atoms with Gasteiger partial charge >= 0.3 is 5.97 Å². The first-order valence-corrected chi connectivity index (χ1v) is 15.3. The van der Waals surface area contributed by atoms with Crippen molar-refractivity contribution in [2.45, 2.75) is 117 Å². The molecular weight excluding hydrogens is 456 g/mol. The van der Waals surface area contributed by atoms with Gasteiger partial charge in [0.2, 0.25) is 0 Å². The molecule has 202 valence electrons. The SMILES string of the molecule is CCCCCCCc1cnc(-c2ccc(OC(=O)[C@H]3CC[C@H]([C@H]4CC[C@H](CCC)CC4)CC3)cc2)nc1. The molecule has 0 amide bonds. The van der Waals surface area contributed by atoms with Gasteiger partial charge in [-0.25, -0.2) is 9.97 Å². The van der Waals surface area contributed by atoms with Gasteiger partial charge in [-0.1, -0.05) is 65.2 Å². The minimum atomic E-state index is -0.0580. The molecule has 37 heavy (non-hydrogen) atoms. The zero-order valence-electron chi connectivity index (χ0n) is 23.3. The number of carbonyl (C=O) groups is 1. The van der Waals surface area contributed by atoms with Crippen molar-refractivity contribution in [1.82, 2.24) is 9.97 Å². The highest BCUT2D eigenvalue weighted by atomic mass is 16.5. The summed E-state index contributed by atoms with van der Waals surface area (Å²) in [6, 6.07) is 7.65. The number of rotatable bonds is 12. The van der Waals surface area contributed by atoms with Crippen LogP contribution in [0.5, 0.6) is 5.75 Å². The first kappa shape index (κ1) is 27.8. The fourth-order valence-electron chi connectivity index (χ4n) is 6.62. The summed E-state index contributed by atoms with van der Waals surface area (Å²) in [6.45, 7) is 4.55. The lowest BCUT2D eigenvalue weighted by Gasteiger charge is -2.37. The van der Waals surface area contributed by atoms with E-state index in [0.717, 1.165) is 48.4 Å². The molecule has 2 aliphatic rings. The van der Waals surface area contributed by atoms with E-state index in [2.05, 4.69) is 23.8 Å². The van der Waals surface area contributed by atoms with Crippen LogP contribution >= 0.6 is 0 Å². The standard InChI is InChI=1S/C33H48N2O2/c1-3-5-6-7-8-10-26-23-34-32(35-24-26)29-19-21-31(22-20-29)37-33(36)30-17-15-28(16-18-30)27-13-11-25(9-4-2)12-14-27/h19-25,27-28,30H,3-18H2,1-2H3/t25-,27-,28-,30-. The molecule has 2 aliphatic carbocycles. The Hall–Kier alpha value is -2.23. The van der Waals surface area contributed by atoms with E-state index in [1.807, 2.05) is 36.7 Å². The number of hydrogen-bond donors (Lipinski definition) is 0. The number of aromatic nitrogens is 2. The average molecular weight is 505 g/mol. The van der Waals surface area contributed by atoms with Crippen molar-refractivity contribution in [3.63, 3.8) is 0 Å². The van der Waals surface area contributed by atoms with Crippen LogP contribution in [0.2, 0.25) is 0 Å². The van der Waals surface area contributed by atoms with Crippen LogP contribution < -0.4 is 4.74 Å². The predicted molar refractivity (Wildman–Crippen MR) is 151 cm³/mol. The second kappa shape index (κ2) is 14.6. The number of carbonyl (C=O) groups excluding carboxylic acids is 1. The molecule has 0 saturated heterocycles. The number of hydrogen-bond acceptors (Lipinski definition) is 4. The molecule has 1 aromatic carbocycles. The summed E-state index contributed by atoms with van der Waals surface area (Å²) in [5.74, 6) is 4.00. The van der Waals surface area contributed by atoms with Crippen molar-refractivity contribution in [2.75, 3.05) is 0 Å². The van der Waals surface area contributed by atoms with Crippen LogP contribution in [-0.4, -0.2) is 15.9 Å². The van der Waals surface area contributed by atoms with Crippen LogP contribution in [0.4, 0.5) is 0 Å². The van der Waals surface area contributed by atoms with E-state index in [9.17, 15) is 4.79 Å². The lowest BCUT2D eigenvalue weighted by Crippen LogP contribution is -2.30. The second-order valence-electron chi connectivity index (χ2n) is 11.7. The number of ether oxygens (including phenoxy) is 1. The smallest absolute Gasteiger partial charge is 0.314 e. The predicted octanol–water partition coefficient (Wildman–Crippen LogP) is 8.97. The normalized spacial score (nSPS) is 24.1. The largest absolute Gasteiger partial charge is 0.426 e. The lowest BCUT2D eigenvalue weighted by atomic mass is 9.69. The molecule has 2 aromatic rings. The van der Waals surface area contributed by atoms with Gasteiger partial charge < -0.3 is 4.74 Å². The van der Waals surface area contributed by atoms with E-state index < -0.39 is 0 Å². The monoisotopic (exact) mass is 504 g/mol. The summed E-state index contributed by atoms with van der Waals surface area (Å²) in [4.78, 5) is 22.0. The Labute approximate surface area is 225 Å². The van der Waals surface area contributed by atoms with Gasteiger partial charge in [0, 0.05) is 18.0 Å². The van der Waals surface area contributed by atoms with Crippen LogP contribution in [0.25, 0.3) is 11.4 Å². The van der Waals surface area contributed by atoms with Gasteiger partial charge in [0.05, 0.1) is 5.92 Å². The first-order chi connectivity index (χ1) is 18.2. The van der Waals surface area contributed by atoms with Crippen LogP contribution in [0, 0.1) is 23.7 Å². The Balaban J connectivity index is 1.19. The molecule has 4 rings (SSSR count). The molecule has 0 radical (unpaired) electrons. The van der Waals surface area contributed by atoms with Crippen molar-refractivity contribution in [3.8, 4) is 17.1 Å². The third-order valence-electron chi connectivity index (χ3n) is 8.97. The fraction of sp³-hybridized carbons (Fsp3) is 0.667. The molecule has 0 bridgehead atoms. The highest BCUT2D eigenvalue weighted by Gasteiger charge is 2.33. The maximum Gasteiger partial charge on any atom is 0.314 e. The highest BCUT2D eigenvalue weighted by Crippen LogP contribution is 2.42. The van der Waals surface area contributed by atoms with Crippen LogP contribution in [0.15, 0.2) is 36.7 Å². The van der Waals surface area contributed by atoms with Crippen LogP contribution in [-0.2, 0) is 11.2 Å². The number of benzene rings is 1. The van der Waals surface area contributed by atoms with Gasteiger partial charge in [-0.2, -0.15) is 0 Å². The van der Waals surface area contributed by atoms with Crippen molar-refractivity contribution in [1.29, 1.82) is 0 Å². The van der Waals surface area contributed by atoms with E-state index in [1.54, 1.807) is 0 Å². The van der Waals surface area contributed by atoms with Crippen molar-refractivity contribution < 1.29 is 9.53 Å². The molecule has 0 aliphatic heterocycles. The van der Waals surface area contributed by atoms with Crippen molar-refractivity contribution >= 4 is 5.97 Å². The molecule has 1 heterocycles. The summed E-state index contributed by atoms with van der Waals surface area (Å²) in [5, 5.41) is 0. The van der Waals surface area contributed by atoms with E-state index in [1.165, 1.54) is 89.0 Å². The first-order valence-electron chi connectivity index (χ1n) is 15.3. The molecule has 0 atom stereocenters. The van der Waals surface area contributed by atoms with Gasteiger partial charge in [0.25, 0.3) is 0 Å². The number of nitrogens with zero attached hydrogens (tertiary/aromatic N) is 2. The van der Waals surface area contributed by atoms with Crippen molar-refractivity contribution in [3.05, 3.63) is 42.2 Å². The Morgan fingerprint density at radius 1 is 0.784 bits per heavy atom. The maximum absolute atomic E-state index is 12.9. The average Bonchev–Trinajstić information content (AvgIpc) is 2.94. The maximum atomic E-state index is 12.9. The second-order valence-corrected chi connectivity index (χ2v) is 11.7. The molecular formula is C33H48N2O2. The summed E-state index contributed by atoms with van der Waals surface area (Å²) in [5.41, 5.74) is 2.15. The summed E-state index contributed by atoms with van der Waals surface area (Å²) < 4.78 is 5.78. The highest BCUT2D eigenvalue weighted by molar-refractivity contribution is 5.75. The van der Waals surface area contributed by atoms with Gasteiger partial charge in [0.1, 0.15) is 5.75 Å². The molecule has 2 fully saturated rings. The Kier molecular flexibility index (Phi) is 11.0. The fourth-order valence-corrected chi connectivity index (χ4v) is 6.62. The minimum absolute atomic E-state index is 0.0465. The zero-order chi connectivity index (χ0) is 25.9. The van der Waals surface area contributed by atoms with E-state index in [0.29, 0.717) is 5.75 Å². The number of esters is 1. The Morgan fingerprint density at radius 2 is 1.41 bits per heavy atom. The Bertz CT molecular complexity index is 924. The third-order valence-corrected chi connectivity index (χ3v) is 8.97. The van der Waals surface area contributed by atoms with Crippen LogP contribution in [0.1, 0.15) is 116 Å². The molecule has 0 unspecified atom stereocenters. The summed E-state index contributed by atoms with van der Waals surface area (Å²) in [7, 11) is 0. The number of unbranched alkanes of at least 4 members (excludes halogenated alkanes) is 4. The summed E-state index contributed by atoms with van der Waals surface area (Å²) >= 11 is 0. The lowest BCUT2D eigenvalue weighted by molar-refractivity contribution is -0.140. The van der Waals surface area contributed by atoms with Crippen LogP contribution in [0.3, 0.4) is 0 Å². The quantitative estimate of drug-likeness (QED) is 0.164. The van der Waals surface area contributed by atoms with Gasteiger partial charge in [0.15, 0.2) is 5.82 Å². The molecule has 0 spiro atoms. The molecule has 4 nitrogen and oxygen atoms in total. The minimum Gasteiger partial charge on any atom is -0.426 e.